The highest BCUT2D eigenvalue weighted by Gasteiger charge is 2.34. The number of rotatable bonds is 8. The van der Waals surface area contributed by atoms with Gasteiger partial charge in [-0.3, -0.25) is 0 Å². The molecule has 1 aromatic heterocycles. The highest BCUT2D eigenvalue weighted by atomic mass is 19.4. The van der Waals surface area contributed by atoms with E-state index in [0.29, 0.717) is 0 Å². The summed E-state index contributed by atoms with van der Waals surface area (Å²) in [6, 6.07) is 2.31. The summed E-state index contributed by atoms with van der Waals surface area (Å²) in [5.74, 6) is -0.0830. The maximum absolute atomic E-state index is 12.9. The van der Waals surface area contributed by atoms with Gasteiger partial charge in [-0.05, 0) is 51.5 Å². The van der Waals surface area contributed by atoms with Gasteiger partial charge in [-0.25, -0.2) is 4.98 Å². The van der Waals surface area contributed by atoms with E-state index in [1.54, 1.807) is 0 Å². The number of hydrogen-bond donors (Lipinski definition) is 1. The van der Waals surface area contributed by atoms with Crippen molar-refractivity contribution in [3.8, 4) is 0 Å². The molecule has 1 atom stereocenters. The number of anilines is 1. The summed E-state index contributed by atoms with van der Waals surface area (Å²) >= 11 is 0. The molecule has 0 bridgehead atoms. The fourth-order valence-electron chi connectivity index (χ4n) is 2.22. The minimum absolute atomic E-state index is 0.0448. The maximum atomic E-state index is 12.9. The third-order valence-electron chi connectivity index (χ3n) is 3.50. The Balaban J connectivity index is 2.54. The first-order valence-corrected chi connectivity index (χ1v) is 7.39. The van der Waals surface area contributed by atoms with Crippen LogP contribution >= 0.6 is 0 Å². The van der Waals surface area contributed by atoms with Gasteiger partial charge in [-0.2, -0.15) is 13.2 Å². The largest absolute Gasteiger partial charge is 0.419 e. The van der Waals surface area contributed by atoms with Crippen molar-refractivity contribution < 1.29 is 13.2 Å². The van der Waals surface area contributed by atoms with E-state index in [4.69, 9.17) is 0 Å². The van der Waals surface area contributed by atoms with Crippen molar-refractivity contribution in [1.29, 1.82) is 0 Å². The fourth-order valence-corrected chi connectivity index (χ4v) is 2.22. The number of hydrogen-bond acceptors (Lipinski definition) is 3. The Morgan fingerprint density at radius 3 is 2.52 bits per heavy atom. The number of nitrogens with zero attached hydrogens (tertiary/aromatic N) is 2. The summed E-state index contributed by atoms with van der Waals surface area (Å²) in [4.78, 5) is 6.12. The van der Waals surface area contributed by atoms with Gasteiger partial charge in [-0.1, -0.05) is 13.8 Å². The first kappa shape index (κ1) is 17.8. The van der Waals surface area contributed by atoms with Gasteiger partial charge >= 0.3 is 6.18 Å². The first-order chi connectivity index (χ1) is 9.88. The van der Waals surface area contributed by atoms with Crippen LogP contribution in [0.5, 0.6) is 0 Å². The van der Waals surface area contributed by atoms with Crippen molar-refractivity contribution >= 4 is 5.82 Å². The van der Waals surface area contributed by atoms with E-state index in [1.807, 2.05) is 6.92 Å². The van der Waals surface area contributed by atoms with Gasteiger partial charge in [0.15, 0.2) is 0 Å². The molecule has 1 N–H and O–H groups in total. The molecule has 1 aromatic rings. The summed E-state index contributed by atoms with van der Waals surface area (Å²) in [6.45, 7) is 9.06. The fraction of sp³-hybridized carbons (Fsp3) is 0.667. The molecule has 6 heteroatoms. The van der Waals surface area contributed by atoms with Crippen molar-refractivity contribution in [2.24, 2.45) is 0 Å². The Morgan fingerprint density at radius 2 is 1.95 bits per heavy atom. The Hall–Kier alpha value is -1.30. The van der Waals surface area contributed by atoms with Gasteiger partial charge in [0, 0.05) is 12.2 Å². The number of halogens is 3. The standard InChI is InChI=1S/C15H24F3N3/c1-4-21(5-2)11-7-8-12(3)20-14-13(15(16,17)18)9-6-10-19-14/h6,9-10,12H,4-5,7-8,11H2,1-3H3,(H,19,20). The van der Waals surface area contributed by atoms with E-state index in [0.717, 1.165) is 38.5 Å². The Morgan fingerprint density at radius 1 is 1.29 bits per heavy atom. The average Bonchev–Trinajstić information content (AvgIpc) is 2.43. The van der Waals surface area contributed by atoms with Crippen molar-refractivity contribution in [3.05, 3.63) is 23.9 Å². The van der Waals surface area contributed by atoms with Crippen molar-refractivity contribution in [2.75, 3.05) is 25.0 Å². The maximum Gasteiger partial charge on any atom is 0.419 e. The van der Waals surface area contributed by atoms with Gasteiger partial charge in [0.25, 0.3) is 0 Å². The quantitative estimate of drug-likeness (QED) is 0.786. The first-order valence-electron chi connectivity index (χ1n) is 7.39. The molecule has 0 aliphatic rings. The van der Waals surface area contributed by atoms with E-state index >= 15 is 0 Å². The molecule has 3 nitrogen and oxygen atoms in total. The van der Waals surface area contributed by atoms with E-state index in [9.17, 15) is 13.2 Å². The van der Waals surface area contributed by atoms with Gasteiger partial charge < -0.3 is 10.2 Å². The monoisotopic (exact) mass is 303 g/mol. The van der Waals surface area contributed by atoms with Crippen LogP contribution < -0.4 is 5.32 Å². The van der Waals surface area contributed by atoms with Crippen LogP contribution in [-0.2, 0) is 6.18 Å². The molecule has 21 heavy (non-hydrogen) atoms. The van der Waals surface area contributed by atoms with Crippen LogP contribution in [0.15, 0.2) is 18.3 Å². The smallest absolute Gasteiger partial charge is 0.367 e. The molecule has 0 aromatic carbocycles. The highest BCUT2D eigenvalue weighted by Crippen LogP contribution is 2.33. The molecule has 1 unspecified atom stereocenters. The molecule has 0 radical (unpaired) electrons. The molecule has 0 fully saturated rings. The predicted molar refractivity (Wildman–Crippen MR) is 79.3 cm³/mol. The van der Waals surface area contributed by atoms with E-state index in [-0.39, 0.29) is 11.9 Å². The topological polar surface area (TPSA) is 28.2 Å². The Kier molecular flexibility index (Phi) is 6.95. The van der Waals surface area contributed by atoms with Gasteiger partial charge in [0.1, 0.15) is 5.82 Å². The third-order valence-corrected chi connectivity index (χ3v) is 3.50. The van der Waals surface area contributed by atoms with E-state index < -0.39 is 11.7 Å². The summed E-state index contributed by atoms with van der Waals surface area (Å²) in [6.07, 6.45) is -1.24. The average molecular weight is 303 g/mol. The van der Waals surface area contributed by atoms with Crippen molar-refractivity contribution in [3.63, 3.8) is 0 Å². The molecular weight excluding hydrogens is 279 g/mol. The van der Waals surface area contributed by atoms with Crippen LogP contribution in [0.2, 0.25) is 0 Å². The lowest BCUT2D eigenvalue weighted by Crippen LogP contribution is -2.26. The molecule has 1 rings (SSSR count). The molecule has 120 valence electrons. The lowest BCUT2D eigenvalue weighted by molar-refractivity contribution is -0.137. The summed E-state index contributed by atoms with van der Waals surface area (Å²) < 4.78 is 38.6. The van der Waals surface area contributed by atoms with Crippen molar-refractivity contribution in [1.82, 2.24) is 9.88 Å². The number of aromatic nitrogens is 1. The second-order valence-electron chi connectivity index (χ2n) is 5.11. The summed E-state index contributed by atoms with van der Waals surface area (Å²) in [7, 11) is 0. The SMILES string of the molecule is CCN(CC)CCCC(C)Nc1ncccc1C(F)(F)F. The van der Waals surface area contributed by atoms with Crippen LogP contribution in [0, 0.1) is 0 Å². The molecule has 0 aliphatic carbocycles. The minimum atomic E-state index is -4.38. The molecule has 0 saturated heterocycles. The van der Waals surface area contributed by atoms with Gasteiger partial charge in [-0.15, -0.1) is 0 Å². The van der Waals surface area contributed by atoms with Gasteiger partial charge in [0.2, 0.25) is 0 Å². The summed E-state index contributed by atoms with van der Waals surface area (Å²) in [5.41, 5.74) is -0.708. The predicted octanol–water partition coefficient (Wildman–Crippen LogP) is 4.02. The second-order valence-corrected chi connectivity index (χ2v) is 5.11. The minimum Gasteiger partial charge on any atom is -0.367 e. The van der Waals surface area contributed by atoms with Crippen LogP contribution in [0.4, 0.5) is 19.0 Å². The highest BCUT2D eigenvalue weighted by molar-refractivity contribution is 5.46. The summed E-state index contributed by atoms with van der Waals surface area (Å²) in [5, 5.41) is 2.88. The van der Waals surface area contributed by atoms with Crippen LogP contribution in [0.1, 0.15) is 39.2 Å². The molecule has 0 saturated carbocycles. The second kappa shape index (κ2) is 8.22. The van der Waals surface area contributed by atoms with Crippen LogP contribution in [0.25, 0.3) is 0 Å². The zero-order valence-electron chi connectivity index (χ0n) is 12.9. The van der Waals surface area contributed by atoms with Crippen LogP contribution in [-0.4, -0.2) is 35.6 Å². The number of alkyl halides is 3. The third kappa shape index (κ3) is 5.91. The molecule has 0 amide bonds. The van der Waals surface area contributed by atoms with E-state index in [2.05, 4.69) is 29.0 Å². The lowest BCUT2D eigenvalue weighted by atomic mass is 10.1. The number of nitrogens with one attached hydrogen (secondary N) is 1. The molecular formula is C15H24F3N3. The number of pyridine rings is 1. The van der Waals surface area contributed by atoms with Gasteiger partial charge in [0.05, 0.1) is 5.56 Å². The molecule has 0 spiro atoms. The zero-order valence-corrected chi connectivity index (χ0v) is 12.9. The molecule has 1 heterocycles. The lowest BCUT2D eigenvalue weighted by Gasteiger charge is -2.21. The normalized spacial score (nSPS) is 13.5. The Labute approximate surface area is 124 Å². The molecule has 0 aliphatic heterocycles. The van der Waals surface area contributed by atoms with Crippen molar-refractivity contribution in [2.45, 2.75) is 45.8 Å². The Bertz CT molecular complexity index is 417. The van der Waals surface area contributed by atoms with E-state index in [1.165, 1.54) is 12.3 Å². The van der Waals surface area contributed by atoms with Crippen LogP contribution in [0.3, 0.4) is 0 Å². The zero-order chi connectivity index (χ0) is 15.9.